The molecule has 0 radical (unpaired) electrons. The maximum Gasteiger partial charge on any atom is 0.213 e. The minimum Gasteiger partial charge on any atom is -0.305 e. The van der Waals surface area contributed by atoms with Gasteiger partial charge in [0.25, 0.3) is 0 Å². The van der Waals surface area contributed by atoms with E-state index in [-0.39, 0.29) is 5.75 Å². The van der Waals surface area contributed by atoms with Crippen molar-refractivity contribution < 1.29 is 8.42 Å². The van der Waals surface area contributed by atoms with Gasteiger partial charge < -0.3 is 4.90 Å². The molecule has 0 bridgehead atoms. The summed E-state index contributed by atoms with van der Waals surface area (Å²) in [6.45, 7) is 1.68. The summed E-state index contributed by atoms with van der Waals surface area (Å²) in [5.74, 6) is 0.202. The van der Waals surface area contributed by atoms with Gasteiger partial charge in [-0.15, -0.1) is 0 Å². The van der Waals surface area contributed by atoms with Crippen molar-refractivity contribution in [2.45, 2.75) is 24.9 Å². The lowest BCUT2D eigenvalue weighted by Gasteiger charge is -2.21. The van der Waals surface area contributed by atoms with Gasteiger partial charge in [-0.05, 0) is 32.0 Å². The van der Waals surface area contributed by atoms with Gasteiger partial charge in [0.15, 0.2) is 0 Å². The minimum atomic E-state index is -3.09. The number of hydrogen-bond donors (Lipinski definition) is 2. The van der Waals surface area contributed by atoms with Crippen LogP contribution in [0.15, 0.2) is 30.3 Å². The van der Waals surface area contributed by atoms with Crippen LogP contribution in [-0.2, 0) is 10.0 Å². The number of nitrogens with zero attached hydrogens (tertiary/aromatic N) is 2. The van der Waals surface area contributed by atoms with Crippen LogP contribution in [0.1, 0.15) is 24.4 Å². The number of rotatable bonds is 8. The molecule has 1 heterocycles. The van der Waals surface area contributed by atoms with E-state index in [1.54, 1.807) is 14.1 Å². The first-order valence-electron chi connectivity index (χ1n) is 8.03. The zero-order valence-electron chi connectivity index (χ0n) is 14.2. The number of hydrogen-bond acceptors (Lipinski definition) is 5. The summed E-state index contributed by atoms with van der Waals surface area (Å²) in [7, 11) is 2.11. The van der Waals surface area contributed by atoms with E-state index in [9.17, 15) is 8.42 Å². The van der Waals surface area contributed by atoms with Crippen LogP contribution in [0.2, 0.25) is 0 Å². The highest BCUT2D eigenvalue weighted by Crippen LogP contribution is 2.22. The van der Waals surface area contributed by atoms with Crippen molar-refractivity contribution >= 4 is 10.0 Å². The molecule has 0 saturated carbocycles. The molecule has 7 heteroatoms. The largest absolute Gasteiger partial charge is 0.305 e. The Labute approximate surface area is 139 Å². The average Bonchev–Trinajstić information content (AvgIpc) is 2.96. The highest BCUT2D eigenvalue weighted by Gasteiger charge is 2.25. The molecule has 1 aromatic carbocycles. The summed E-state index contributed by atoms with van der Waals surface area (Å²) in [6, 6.07) is 11.1. The van der Waals surface area contributed by atoms with Crippen LogP contribution in [0.25, 0.3) is 0 Å². The predicted octanol–water partition coefficient (Wildman–Crippen LogP) is 0.808. The Morgan fingerprint density at radius 1 is 1.13 bits per heavy atom. The van der Waals surface area contributed by atoms with E-state index in [2.05, 4.69) is 40.0 Å². The molecule has 1 aliphatic heterocycles. The van der Waals surface area contributed by atoms with E-state index < -0.39 is 10.0 Å². The third kappa shape index (κ3) is 5.54. The van der Waals surface area contributed by atoms with Crippen LogP contribution in [-0.4, -0.2) is 63.7 Å². The molecule has 1 aromatic rings. The molecule has 2 atom stereocenters. The molecule has 2 rings (SSSR count). The molecule has 1 fully saturated rings. The predicted molar refractivity (Wildman–Crippen MR) is 93.4 cm³/mol. The van der Waals surface area contributed by atoms with Crippen LogP contribution in [0.3, 0.4) is 0 Å². The third-order valence-electron chi connectivity index (χ3n) is 4.21. The molecule has 23 heavy (non-hydrogen) atoms. The fraction of sp³-hybridized carbons (Fsp3) is 0.625. The lowest BCUT2D eigenvalue weighted by Crippen LogP contribution is -2.39. The van der Waals surface area contributed by atoms with Gasteiger partial charge in [-0.1, -0.05) is 30.3 Å². The second-order valence-electron chi connectivity index (χ2n) is 6.40. The van der Waals surface area contributed by atoms with E-state index in [1.807, 2.05) is 13.1 Å². The molecule has 1 aliphatic rings. The summed E-state index contributed by atoms with van der Waals surface area (Å²) < 4.78 is 24.8. The Morgan fingerprint density at radius 3 is 2.48 bits per heavy atom. The van der Waals surface area contributed by atoms with E-state index in [0.29, 0.717) is 18.5 Å². The lowest BCUT2D eigenvalue weighted by atomic mass is 10.0. The molecular formula is C16H28N4O2S. The Morgan fingerprint density at radius 2 is 1.83 bits per heavy atom. The van der Waals surface area contributed by atoms with Gasteiger partial charge in [0.2, 0.25) is 10.0 Å². The van der Waals surface area contributed by atoms with Gasteiger partial charge >= 0.3 is 0 Å². The second kappa shape index (κ2) is 8.21. The summed E-state index contributed by atoms with van der Waals surface area (Å²) >= 11 is 0. The first-order valence-corrected chi connectivity index (χ1v) is 9.64. The number of sulfonamides is 1. The van der Waals surface area contributed by atoms with E-state index >= 15 is 0 Å². The molecule has 0 amide bonds. The van der Waals surface area contributed by atoms with E-state index in [4.69, 9.17) is 0 Å². The van der Waals surface area contributed by atoms with Crippen molar-refractivity contribution in [3.63, 3.8) is 0 Å². The standard InChI is InChI=1S/C16H28N4O2S/c1-19(2)23(21,22)11-7-10-20(3)13-15-12-16(18-17-15)14-8-5-4-6-9-14/h4-6,8-9,15-18H,7,10-13H2,1-3H3. The zero-order valence-corrected chi connectivity index (χ0v) is 15.0. The molecular weight excluding hydrogens is 312 g/mol. The molecule has 2 unspecified atom stereocenters. The molecule has 0 spiro atoms. The van der Waals surface area contributed by atoms with Crippen LogP contribution in [0, 0.1) is 0 Å². The first kappa shape index (κ1) is 18.4. The van der Waals surface area contributed by atoms with E-state index in [1.165, 1.54) is 9.87 Å². The van der Waals surface area contributed by atoms with Crippen molar-refractivity contribution in [3.8, 4) is 0 Å². The molecule has 0 aromatic heterocycles. The van der Waals surface area contributed by atoms with Gasteiger partial charge in [0.05, 0.1) is 5.75 Å². The maximum atomic E-state index is 11.7. The Balaban J connectivity index is 1.71. The smallest absolute Gasteiger partial charge is 0.213 e. The number of likely N-dealkylation sites (N-methyl/N-ethyl adjacent to an activating group) is 1. The highest BCUT2D eigenvalue weighted by molar-refractivity contribution is 7.89. The topological polar surface area (TPSA) is 64.7 Å². The van der Waals surface area contributed by atoms with Gasteiger partial charge in [0.1, 0.15) is 0 Å². The van der Waals surface area contributed by atoms with Crippen molar-refractivity contribution in [2.24, 2.45) is 0 Å². The SMILES string of the molecule is CN(CCCS(=O)(=O)N(C)C)CC1CC(c2ccccc2)NN1. The second-order valence-corrected chi connectivity index (χ2v) is 8.70. The van der Waals surface area contributed by atoms with Crippen molar-refractivity contribution in [3.05, 3.63) is 35.9 Å². The molecule has 0 aliphatic carbocycles. The summed E-state index contributed by atoms with van der Waals surface area (Å²) in [5, 5.41) is 0. The Bertz CT molecular complexity index is 577. The number of benzene rings is 1. The minimum absolute atomic E-state index is 0.202. The van der Waals surface area contributed by atoms with Gasteiger partial charge in [-0.3, -0.25) is 5.43 Å². The fourth-order valence-corrected chi connectivity index (χ4v) is 3.67. The van der Waals surface area contributed by atoms with Crippen LogP contribution < -0.4 is 10.9 Å². The van der Waals surface area contributed by atoms with Crippen molar-refractivity contribution in [1.29, 1.82) is 0 Å². The fourth-order valence-electron chi connectivity index (χ4n) is 2.81. The lowest BCUT2D eigenvalue weighted by molar-refractivity contribution is 0.296. The number of nitrogens with one attached hydrogen (secondary N) is 2. The third-order valence-corrected chi connectivity index (χ3v) is 6.13. The average molecular weight is 340 g/mol. The van der Waals surface area contributed by atoms with Crippen molar-refractivity contribution in [1.82, 2.24) is 20.1 Å². The Kier molecular flexibility index (Phi) is 6.55. The zero-order chi connectivity index (χ0) is 16.9. The monoisotopic (exact) mass is 340 g/mol. The number of hydrazine groups is 1. The quantitative estimate of drug-likeness (QED) is 0.733. The summed E-state index contributed by atoms with van der Waals surface area (Å²) in [6.07, 6.45) is 1.68. The van der Waals surface area contributed by atoms with Crippen molar-refractivity contribution in [2.75, 3.05) is 40.0 Å². The Hall–Kier alpha value is -0.990. The van der Waals surface area contributed by atoms with Crippen LogP contribution in [0.5, 0.6) is 0 Å². The molecule has 130 valence electrons. The summed E-state index contributed by atoms with van der Waals surface area (Å²) in [5.41, 5.74) is 7.98. The van der Waals surface area contributed by atoms with Crippen LogP contribution >= 0.6 is 0 Å². The van der Waals surface area contributed by atoms with Gasteiger partial charge in [0, 0.05) is 32.7 Å². The molecule has 1 saturated heterocycles. The van der Waals surface area contributed by atoms with Crippen LogP contribution in [0.4, 0.5) is 0 Å². The van der Waals surface area contributed by atoms with E-state index in [0.717, 1.165) is 19.5 Å². The molecule has 2 N–H and O–H groups in total. The molecule has 6 nitrogen and oxygen atoms in total. The van der Waals surface area contributed by atoms with Gasteiger partial charge in [-0.2, -0.15) is 0 Å². The summed E-state index contributed by atoms with van der Waals surface area (Å²) in [4.78, 5) is 2.19. The normalized spacial score (nSPS) is 22.1. The highest BCUT2D eigenvalue weighted by atomic mass is 32.2. The van der Waals surface area contributed by atoms with Gasteiger partial charge in [-0.25, -0.2) is 18.1 Å². The maximum absolute atomic E-state index is 11.7. The first-order chi connectivity index (χ1) is 10.9.